The number of carbonyl (C=O) groups is 2. The van der Waals surface area contributed by atoms with Crippen LogP contribution in [0.1, 0.15) is 27.7 Å². The molecule has 2 amide bonds. The number of pyridine rings is 1. The minimum absolute atomic E-state index is 0.153. The SMILES string of the molecule is NC(=O)C1c2ccccc2C(=O)N1CCc1ccc2ccccc2n1. The molecule has 5 heteroatoms. The van der Waals surface area contributed by atoms with E-state index in [1.54, 1.807) is 23.1 Å². The van der Waals surface area contributed by atoms with Gasteiger partial charge >= 0.3 is 0 Å². The Morgan fingerprint density at radius 2 is 1.80 bits per heavy atom. The highest BCUT2D eigenvalue weighted by Gasteiger charge is 2.39. The molecule has 0 saturated carbocycles. The number of para-hydroxylation sites is 1. The van der Waals surface area contributed by atoms with Gasteiger partial charge in [0.25, 0.3) is 5.91 Å². The number of carbonyl (C=O) groups excluding carboxylic acids is 2. The molecule has 2 heterocycles. The number of benzene rings is 2. The van der Waals surface area contributed by atoms with E-state index in [1.807, 2.05) is 42.5 Å². The van der Waals surface area contributed by atoms with Gasteiger partial charge in [-0.1, -0.05) is 42.5 Å². The van der Waals surface area contributed by atoms with Crippen LogP contribution < -0.4 is 5.73 Å². The van der Waals surface area contributed by atoms with Crippen molar-refractivity contribution in [1.29, 1.82) is 0 Å². The molecule has 0 fully saturated rings. The second kappa shape index (κ2) is 6.02. The molecule has 25 heavy (non-hydrogen) atoms. The predicted molar refractivity (Wildman–Crippen MR) is 94.9 cm³/mol. The first-order valence-electron chi connectivity index (χ1n) is 8.19. The van der Waals surface area contributed by atoms with E-state index in [2.05, 4.69) is 4.98 Å². The van der Waals surface area contributed by atoms with Gasteiger partial charge in [0.1, 0.15) is 6.04 Å². The summed E-state index contributed by atoms with van der Waals surface area (Å²) >= 11 is 0. The Labute approximate surface area is 145 Å². The van der Waals surface area contributed by atoms with Crippen molar-refractivity contribution < 1.29 is 9.59 Å². The third-order valence-corrected chi connectivity index (χ3v) is 4.59. The molecule has 0 aliphatic carbocycles. The summed E-state index contributed by atoms with van der Waals surface area (Å²) in [6.45, 7) is 0.395. The first-order valence-corrected chi connectivity index (χ1v) is 8.19. The first kappa shape index (κ1) is 15.3. The van der Waals surface area contributed by atoms with Gasteiger partial charge < -0.3 is 10.6 Å². The average molecular weight is 331 g/mol. The standard InChI is InChI=1S/C20H17N3O2/c21-19(24)18-15-6-2-3-7-16(15)20(25)23(18)12-11-14-10-9-13-5-1-4-8-17(13)22-14/h1-10,18H,11-12H2,(H2,21,24). The van der Waals surface area contributed by atoms with E-state index in [4.69, 9.17) is 5.73 Å². The normalized spacial score (nSPS) is 16.2. The van der Waals surface area contributed by atoms with Crippen molar-refractivity contribution in [2.75, 3.05) is 6.54 Å². The van der Waals surface area contributed by atoms with Crippen LogP contribution in [0.15, 0.2) is 60.7 Å². The monoisotopic (exact) mass is 331 g/mol. The number of hydrogen-bond acceptors (Lipinski definition) is 3. The van der Waals surface area contributed by atoms with Crippen LogP contribution >= 0.6 is 0 Å². The maximum Gasteiger partial charge on any atom is 0.255 e. The van der Waals surface area contributed by atoms with Gasteiger partial charge in [-0.3, -0.25) is 14.6 Å². The lowest BCUT2D eigenvalue weighted by Crippen LogP contribution is -2.37. The van der Waals surface area contributed by atoms with Crippen LogP contribution in [-0.4, -0.2) is 28.2 Å². The topological polar surface area (TPSA) is 76.3 Å². The first-order chi connectivity index (χ1) is 12.1. The van der Waals surface area contributed by atoms with Gasteiger partial charge in [0, 0.05) is 29.6 Å². The van der Waals surface area contributed by atoms with E-state index in [0.717, 1.165) is 16.6 Å². The van der Waals surface area contributed by atoms with Crippen molar-refractivity contribution in [3.63, 3.8) is 0 Å². The molecule has 5 nitrogen and oxygen atoms in total. The fourth-order valence-corrected chi connectivity index (χ4v) is 3.39. The lowest BCUT2D eigenvalue weighted by Gasteiger charge is -2.22. The van der Waals surface area contributed by atoms with Gasteiger partial charge in [0.2, 0.25) is 5.91 Å². The summed E-state index contributed by atoms with van der Waals surface area (Å²) in [5, 5.41) is 1.07. The van der Waals surface area contributed by atoms with Crippen LogP contribution in [0.25, 0.3) is 10.9 Å². The molecule has 1 atom stereocenters. The second-order valence-corrected chi connectivity index (χ2v) is 6.14. The predicted octanol–water partition coefficient (Wildman–Crippen LogP) is 2.46. The quantitative estimate of drug-likeness (QED) is 0.798. The summed E-state index contributed by atoms with van der Waals surface area (Å²) in [6.07, 6.45) is 0.564. The molecule has 4 rings (SSSR count). The maximum atomic E-state index is 12.6. The van der Waals surface area contributed by atoms with Gasteiger partial charge in [0.05, 0.1) is 5.52 Å². The number of aromatic nitrogens is 1. The van der Waals surface area contributed by atoms with Crippen molar-refractivity contribution in [2.45, 2.75) is 12.5 Å². The molecular weight excluding hydrogens is 314 g/mol. The molecule has 1 aliphatic rings. The highest BCUT2D eigenvalue weighted by atomic mass is 16.2. The Kier molecular flexibility index (Phi) is 3.69. The molecule has 2 N–H and O–H groups in total. The van der Waals surface area contributed by atoms with Gasteiger partial charge in [-0.05, 0) is 23.8 Å². The molecule has 124 valence electrons. The highest BCUT2D eigenvalue weighted by Crippen LogP contribution is 2.33. The number of fused-ring (bicyclic) bond motifs is 2. The molecule has 1 unspecified atom stereocenters. The summed E-state index contributed by atoms with van der Waals surface area (Å²) in [4.78, 5) is 30.7. The number of hydrogen-bond donors (Lipinski definition) is 1. The molecule has 0 bridgehead atoms. The van der Waals surface area contributed by atoms with Crippen molar-refractivity contribution in [3.05, 3.63) is 77.5 Å². The zero-order valence-corrected chi connectivity index (χ0v) is 13.6. The third kappa shape index (κ3) is 2.63. The average Bonchev–Trinajstić information content (AvgIpc) is 2.92. The van der Waals surface area contributed by atoms with Crippen LogP contribution in [0.4, 0.5) is 0 Å². The van der Waals surface area contributed by atoms with E-state index in [-0.39, 0.29) is 5.91 Å². The Bertz CT molecular complexity index is 983. The summed E-state index contributed by atoms with van der Waals surface area (Å²) in [5.41, 5.74) is 8.60. The number of rotatable bonds is 4. The Hall–Kier alpha value is -3.21. The molecule has 0 spiro atoms. The van der Waals surface area contributed by atoms with E-state index in [0.29, 0.717) is 24.1 Å². The summed E-state index contributed by atoms with van der Waals surface area (Å²) in [7, 11) is 0. The van der Waals surface area contributed by atoms with Gasteiger partial charge in [-0.2, -0.15) is 0 Å². The zero-order chi connectivity index (χ0) is 17.4. The molecule has 1 aliphatic heterocycles. The van der Waals surface area contributed by atoms with Gasteiger partial charge in [-0.15, -0.1) is 0 Å². The number of amides is 2. The summed E-state index contributed by atoms with van der Waals surface area (Å²) < 4.78 is 0. The fourth-order valence-electron chi connectivity index (χ4n) is 3.39. The van der Waals surface area contributed by atoms with Gasteiger partial charge in [-0.25, -0.2) is 0 Å². The number of nitrogens with two attached hydrogens (primary N) is 1. The van der Waals surface area contributed by atoms with Crippen LogP contribution in [0, 0.1) is 0 Å². The number of primary amides is 1. The van der Waals surface area contributed by atoms with Crippen LogP contribution in [0.3, 0.4) is 0 Å². The maximum absolute atomic E-state index is 12.6. The highest BCUT2D eigenvalue weighted by molar-refractivity contribution is 6.04. The number of nitrogens with zero attached hydrogens (tertiary/aromatic N) is 2. The van der Waals surface area contributed by atoms with Crippen LogP contribution in [0.5, 0.6) is 0 Å². The second-order valence-electron chi connectivity index (χ2n) is 6.14. The lowest BCUT2D eigenvalue weighted by atomic mass is 10.0. The Morgan fingerprint density at radius 3 is 2.64 bits per heavy atom. The largest absolute Gasteiger partial charge is 0.368 e. The van der Waals surface area contributed by atoms with Crippen LogP contribution in [-0.2, 0) is 11.2 Å². The van der Waals surface area contributed by atoms with Crippen LogP contribution in [0.2, 0.25) is 0 Å². The summed E-state index contributed by atoms with van der Waals surface area (Å²) in [6, 6.07) is 18.3. The lowest BCUT2D eigenvalue weighted by molar-refractivity contribution is -0.122. The Morgan fingerprint density at radius 1 is 1.04 bits per heavy atom. The van der Waals surface area contributed by atoms with E-state index < -0.39 is 11.9 Å². The smallest absolute Gasteiger partial charge is 0.255 e. The van der Waals surface area contributed by atoms with Crippen molar-refractivity contribution in [2.24, 2.45) is 5.73 Å². The molecule has 2 aromatic carbocycles. The molecule has 1 aromatic heterocycles. The fraction of sp³-hybridized carbons (Fsp3) is 0.150. The van der Waals surface area contributed by atoms with E-state index >= 15 is 0 Å². The molecule has 0 radical (unpaired) electrons. The van der Waals surface area contributed by atoms with E-state index in [1.165, 1.54) is 0 Å². The van der Waals surface area contributed by atoms with Crippen molar-refractivity contribution in [1.82, 2.24) is 9.88 Å². The zero-order valence-electron chi connectivity index (χ0n) is 13.6. The van der Waals surface area contributed by atoms with E-state index in [9.17, 15) is 9.59 Å². The van der Waals surface area contributed by atoms with Crippen molar-refractivity contribution in [3.8, 4) is 0 Å². The minimum atomic E-state index is -0.704. The minimum Gasteiger partial charge on any atom is -0.368 e. The van der Waals surface area contributed by atoms with Gasteiger partial charge in [0.15, 0.2) is 0 Å². The Balaban J connectivity index is 1.59. The molecular formula is C20H17N3O2. The van der Waals surface area contributed by atoms with Crippen molar-refractivity contribution >= 4 is 22.7 Å². The summed E-state index contributed by atoms with van der Waals surface area (Å²) in [5.74, 6) is -0.662. The third-order valence-electron chi connectivity index (χ3n) is 4.59. The molecule has 3 aromatic rings. The molecule has 0 saturated heterocycles.